The van der Waals surface area contributed by atoms with Gasteiger partial charge in [-0.25, -0.2) is 4.68 Å². The molecule has 1 aromatic carbocycles. The Morgan fingerprint density at radius 3 is 2.78 bits per heavy atom. The fraction of sp³-hybridized carbons (Fsp3) is 0.412. The quantitative estimate of drug-likeness (QED) is 0.935. The Morgan fingerprint density at radius 1 is 1.30 bits per heavy atom. The number of nitrogens with zero attached hydrogens (tertiary/aromatic N) is 3. The summed E-state index contributed by atoms with van der Waals surface area (Å²) in [5.41, 5.74) is -1.09. The second-order valence-corrected chi connectivity index (χ2v) is 6.00. The van der Waals surface area contributed by atoms with E-state index < -0.39 is 5.54 Å². The molecule has 6 nitrogen and oxygen atoms in total. The summed E-state index contributed by atoms with van der Waals surface area (Å²) in [5, 5.41) is 17.5. The van der Waals surface area contributed by atoms with Gasteiger partial charge in [0.2, 0.25) is 5.91 Å². The average Bonchev–Trinajstić information content (AvgIpc) is 2.58. The normalized spacial score (nSPS) is 16.7. The molecule has 0 bridgehead atoms. The molecule has 1 aliphatic rings. The molecule has 2 aromatic rings. The fourth-order valence-electron chi connectivity index (χ4n) is 3.10. The van der Waals surface area contributed by atoms with Crippen LogP contribution in [0.3, 0.4) is 0 Å². The molecule has 1 amide bonds. The highest BCUT2D eigenvalue weighted by atomic mass is 16.2. The summed E-state index contributed by atoms with van der Waals surface area (Å²) in [6.45, 7) is -0.174. The van der Waals surface area contributed by atoms with Gasteiger partial charge in [0, 0.05) is 5.39 Å². The molecule has 6 heteroatoms. The van der Waals surface area contributed by atoms with Crippen LogP contribution in [0.5, 0.6) is 0 Å². The van der Waals surface area contributed by atoms with Gasteiger partial charge in [-0.2, -0.15) is 10.4 Å². The molecule has 0 unspecified atom stereocenters. The number of hydrogen-bond acceptors (Lipinski definition) is 4. The van der Waals surface area contributed by atoms with Crippen molar-refractivity contribution in [2.24, 2.45) is 0 Å². The smallest absolute Gasteiger partial charge is 0.275 e. The highest BCUT2D eigenvalue weighted by Gasteiger charge is 2.33. The summed E-state index contributed by atoms with van der Waals surface area (Å²) < 4.78 is 1.14. The predicted octanol–water partition coefficient (Wildman–Crippen LogP) is 1.74. The third-order valence-corrected chi connectivity index (χ3v) is 4.36. The first kappa shape index (κ1) is 15.2. The van der Waals surface area contributed by atoms with Gasteiger partial charge in [-0.15, -0.1) is 0 Å². The molecule has 0 saturated heterocycles. The number of aromatic nitrogens is 2. The van der Waals surface area contributed by atoms with E-state index in [1.54, 1.807) is 24.4 Å². The number of carbonyl (C=O) groups is 1. The zero-order chi connectivity index (χ0) is 16.3. The van der Waals surface area contributed by atoms with E-state index in [0.717, 1.165) is 29.3 Å². The van der Waals surface area contributed by atoms with Gasteiger partial charge in [-0.3, -0.25) is 9.59 Å². The van der Waals surface area contributed by atoms with Crippen LogP contribution in [0.4, 0.5) is 0 Å². The molecule has 1 fully saturated rings. The van der Waals surface area contributed by atoms with Crippen molar-refractivity contribution in [3.8, 4) is 6.07 Å². The summed E-state index contributed by atoms with van der Waals surface area (Å²) in [5.74, 6) is -0.349. The van der Waals surface area contributed by atoms with E-state index in [9.17, 15) is 14.9 Å². The Hall–Kier alpha value is -2.68. The Kier molecular flexibility index (Phi) is 4.11. The number of nitriles is 1. The van der Waals surface area contributed by atoms with Crippen LogP contribution in [0.1, 0.15) is 32.1 Å². The van der Waals surface area contributed by atoms with Crippen LogP contribution in [-0.4, -0.2) is 21.2 Å². The summed E-state index contributed by atoms with van der Waals surface area (Å²) in [4.78, 5) is 24.6. The van der Waals surface area contributed by atoms with E-state index in [2.05, 4.69) is 16.5 Å². The lowest BCUT2D eigenvalue weighted by atomic mass is 9.83. The summed E-state index contributed by atoms with van der Waals surface area (Å²) in [6.07, 6.45) is 5.85. The molecule has 118 valence electrons. The zero-order valence-corrected chi connectivity index (χ0v) is 12.8. The van der Waals surface area contributed by atoms with Crippen LogP contribution >= 0.6 is 0 Å². The standard InChI is InChI=1S/C17H18N4O2/c18-12-17(8-4-1-5-9-17)20-15(22)11-21-16(23)14-7-3-2-6-13(14)10-19-21/h2-3,6-7,10H,1,4-5,8-9,11H2,(H,20,22). The van der Waals surface area contributed by atoms with Crippen molar-refractivity contribution in [3.05, 3.63) is 40.8 Å². The van der Waals surface area contributed by atoms with Crippen molar-refractivity contribution in [3.63, 3.8) is 0 Å². The van der Waals surface area contributed by atoms with Crippen LogP contribution in [0.25, 0.3) is 10.8 Å². The van der Waals surface area contributed by atoms with Crippen LogP contribution in [-0.2, 0) is 11.3 Å². The van der Waals surface area contributed by atoms with Crippen molar-refractivity contribution < 1.29 is 4.79 Å². The van der Waals surface area contributed by atoms with Gasteiger partial charge in [0.1, 0.15) is 12.1 Å². The Labute approximate surface area is 133 Å². The molecular formula is C17H18N4O2. The number of amides is 1. The molecule has 1 aromatic heterocycles. The van der Waals surface area contributed by atoms with Gasteiger partial charge in [-0.1, -0.05) is 37.5 Å². The van der Waals surface area contributed by atoms with Crippen LogP contribution in [0.15, 0.2) is 35.3 Å². The average molecular weight is 310 g/mol. The van der Waals surface area contributed by atoms with Crippen molar-refractivity contribution in [1.82, 2.24) is 15.1 Å². The molecule has 0 aliphatic heterocycles. The molecule has 23 heavy (non-hydrogen) atoms. The van der Waals surface area contributed by atoms with E-state index in [0.29, 0.717) is 18.2 Å². The summed E-state index contributed by atoms with van der Waals surface area (Å²) in [6, 6.07) is 9.37. The SMILES string of the molecule is N#CC1(NC(=O)Cn2ncc3ccccc3c2=O)CCCCC1. The first-order chi connectivity index (χ1) is 11.1. The van der Waals surface area contributed by atoms with E-state index in [1.165, 1.54) is 0 Å². The molecule has 3 rings (SSSR count). The third kappa shape index (κ3) is 3.09. The maximum atomic E-state index is 12.4. The number of carbonyl (C=O) groups excluding carboxylic acids is 1. The maximum Gasteiger partial charge on any atom is 0.275 e. The minimum absolute atomic E-state index is 0.174. The third-order valence-electron chi connectivity index (χ3n) is 4.36. The van der Waals surface area contributed by atoms with Crippen molar-refractivity contribution in [2.45, 2.75) is 44.2 Å². The monoisotopic (exact) mass is 310 g/mol. The molecule has 1 heterocycles. The number of fused-ring (bicyclic) bond motifs is 1. The van der Waals surface area contributed by atoms with Crippen molar-refractivity contribution >= 4 is 16.7 Å². The van der Waals surface area contributed by atoms with E-state index >= 15 is 0 Å². The number of nitrogens with one attached hydrogen (secondary N) is 1. The second kappa shape index (κ2) is 6.21. The molecule has 1 N–H and O–H groups in total. The first-order valence-corrected chi connectivity index (χ1v) is 7.81. The van der Waals surface area contributed by atoms with E-state index in [4.69, 9.17) is 0 Å². The van der Waals surface area contributed by atoms with Crippen LogP contribution in [0.2, 0.25) is 0 Å². The van der Waals surface area contributed by atoms with Crippen LogP contribution < -0.4 is 10.9 Å². The Morgan fingerprint density at radius 2 is 2.04 bits per heavy atom. The number of hydrogen-bond donors (Lipinski definition) is 1. The molecule has 0 atom stereocenters. The van der Waals surface area contributed by atoms with Crippen molar-refractivity contribution in [1.29, 1.82) is 5.26 Å². The summed E-state index contributed by atoms with van der Waals surface area (Å²) >= 11 is 0. The number of rotatable bonds is 3. The maximum absolute atomic E-state index is 12.4. The second-order valence-electron chi connectivity index (χ2n) is 6.00. The minimum Gasteiger partial charge on any atom is -0.336 e. The largest absolute Gasteiger partial charge is 0.336 e. The van der Waals surface area contributed by atoms with Crippen molar-refractivity contribution in [2.75, 3.05) is 0 Å². The highest BCUT2D eigenvalue weighted by Crippen LogP contribution is 2.27. The first-order valence-electron chi connectivity index (χ1n) is 7.81. The van der Waals surface area contributed by atoms with Gasteiger partial charge < -0.3 is 5.32 Å². The van der Waals surface area contributed by atoms with E-state index in [1.807, 2.05) is 6.07 Å². The molecule has 1 saturated carbocycles. The van der Waals surface area contributed by atoms with Gasteiger partial charge in [0.15, 0.2) is 0 Å². The minimum atomic E-state index is -0.796. The van der Waals surface area contributed by atoms with Gasteiger partial charge >= 0.3 is 0 Å². The number of benzene rings is 1. The van der Waals surface area contributed by atoms with Gasteiger partial charge in [-0.05, 0) is 18.9 Å². The van der Waals surface area contributed by atoms with E-state index in [-0.39, 0.29) is 18.0 Å². The Balaban J connectivity index is 1.79. The molecule has 1 aliphatic carbocycles. The van der Waals surface area contributed by atoms with Crippen LogP contribution in [0, 0.1) is 11.3 Å². The van der Waals surface area contributed by atoms with Gasteiger partial charge in [0.25, 0.3) is 5.56 Å². The molecule has 0 radical (unpaired) electrons. The Bertz CT molecular complexity index is 828. The zero-order valence-electron chi connectivity index (χ0n) is 12.8. The summed E-state index contributed by atoms with van der Waals surface area (Å²) in [7, 11) is 0. The lowest BCUT2D eigenvalue weighted by molar-refractivity contribution is -0.123. The fourth-order valence-corrected chi connectivity index (χ4v) is 3.10. The molecule has 0 spiro atoms. The lowest BCUT2D eigenvalue weighted by Gasteiger charge is -2.31. The highest BCUT2D eigenvalue weighted by molar-refractivity contribution is 5.81. The topological polar surface area (TPSA) is 87.8 Å². The molecular weight excluding hydrogens is 292 g/mol. The lowest BCUT2D eigenvalue weighted by Crippen LogP contribution is -2.50. The predicted molar refractivity (Wildman–Crippen MR) is 85.6 cm³/mol. The van der Waals surface area contributed by atoms with Gasteiger partial charge in [0.05, 0.1) is 17.7 Å².